The van der Waals surface area contributed by atoms with E-state index in [0.29, 0.717) is 37.6 Å². The Balaban J connectivity index is 1.82. The van der Waals surface area contributed by atoms with Gasteiger partial charge in [-0.2, -0.15) is 5.26 Å². The molecule has 1 aromatic rings. The standard InChI is InChI=1S/C12H12N2O3/c13-9-10-2-1-3-11(8-10)16-6-4-14-5-7-17-12(14)15/h1-3,8H,4-7H2. The van der Waals surface area contributed by atoms with Gasteiger partial charge in [0, 0.05) is 0 Å². The lowest BCUT2D eigenvalue weighted by Crippen LogP contribution is -2.29. The van der Waals surface area contributed by atoms with E-state index >= 15 is 0 Å². The van der Waals surface area contributed by atoms with Crippen molar-refractivity contribution in [3.8, 4) is 11.8 Å². The summed E-state index contributed by atoms with van der Waals surface area (Å²) in [5.41, 5.74) is 0.558. The summed E-state index contributed by atoms with van der Waals surface area (Å²) in [6.45, 7) is 1.95. The summed E-state index contributed by atoms with van der Waals surface area (Å²) >= 11 is 0. The minimum absolute atomic E-state index is 0.292. The van der Waals surface area contributed by atoms with Crippen LogP contribution in [0.2, 0.25) is 0 Å². The molecule has 1 aromatic carbocycles. The maximum Gasteiger partial charge on any atom is 0.410 e. The first-order valence-electron chi connectivity index (χ1n) is 5.34. The van der Waals surface area contributed by atoms with Crippen molar-refractivity contribution in [3.63, 3.8) is 0 Å². The molecule has 5 nitrogen and oxygen atoms in total. The minimum Gasteiger partial charge on any atom is -0.492 e. The Morgan fingerprint density at radius 2 is 2.41 bits per heavy atom. The Morgan fingerprint density at radius 3 is 3.12 bits per heavy atom. The number of hydrogen-bond acceptors (Lipinski definition) is 4. The minimum atomic E-state index is -0.292. The third-order valence-corrected chi connectivity index (χ3v) is 2.44. The molecule has 5 heteroatoms. The second-order valence-electron chi connectivity index (χ2n) is 3.59. The van der Waals surface area contributed by atoms with E-state index in [9.17, 15) is 4.79 Å². The molecule has 1 amide bonds. The zero-order valence-electron chi connectivity index (χ0n) is 9.26. The van der Waals surface area contributed by atoms with Gasteiger partial charge < -0.3 is 14.4 Å². The third-order valence-electron chi connectivity index (χ3n) is 2.44. The van der Waals surface area contributed by atoms with E-state index in [1.807, 2.05) is 6.07 Å². The van der Waals surface area contributed by atoms with Crippen molar-refractivity contribution >= 4 is 6.09 Å². The van der Waals surface area contributed by atoms with Crippen LogP contribution in [-0.2, 0) is 4.74 Å². The van der Waals surface area contributed by atoms with Gasteiger partial charge >= 0.3 is 6.09 Å². The predicted molar refractivity (Wildman–Crippen MR) is 59.6 cm³/mol. The summed E-state index contributed by atoms with van der Waals surface area (Å²) in [5.74, 6) is 0.636. The Kier molecular flexibility index (Phi) is 3.46. The van der Waals surface area contributed by atoms with Crippen LogP contribution in [0.25, 0.3) is 0 Å². The van der Waals surface area contributed by atoms with Crippen LogP contribution in [0.3, 0.4) is 0 Å². The number of nitriles is 1. The molecule has 0 aromatic heterocycles. The molecule has 0 aliphatic carbocycles. The zero-order chi connectivity index (χ0) is 12.1. The smallest absolute Gasteiger partial charge is 0.410 e. The maximum atomic E-state index is 11.1. The van der Waals surface area contributed by atoms with Crippen LogP contribution in [0.15, 0.2) is 24.3 Å². The summed E-state index contributed by atoms with van der Waals surface area (Å²) in [6.07, 6.45) is -0.292. The van der Waals surface area contributed by atoms with Crippen LogP contribution in [0.4, 0.5) is 4.79 Å². The highest BCUT2D eigenvalue weighted by molar-refractivity contribution is 5.69. The molecule has 1 aliphatic heterocycles. The molecule has 0 unspecified atom stereocenters. The monoisotopic (exact) mass is 232 g/mol. The van der Waals surface area contributed by atoms with Crippen molar-refractivity contribution in [2.24, 2.45) is 0 Å². The lowest BCUT2D eigenvalue weighted by Gasteiger charge is -2.13. The second-order valence-corrected chi connectivity index (χ2v) is 3.59. The van der Waals surface area contributed by atoms with Gasteiger partial charge in [0.05, 0.1) is 24.7 Å². The number of benzene rings is 1. The molecule has 1 heterocycles. The van der Waals surface area contributed by atoms with E-state index in [1.165, 1.54) is 0 Å². The fourth-order valence-electron chi connectivity index (χ4n) is 1.56. The van der Waals surface area contributed by atoms with Gasteiger partial charge in [-0.1, -0.05) is 6.07 Å². The number of carbonyl (C=O) groups excluding carboxylic acids is 1. The van der Waals surface area contributed by atoms with E-state index < -0.39 is 0 Å². The van der Waals surface area contributed by atoms with Crippen LogP contribution < -0.4 is 4.74 Å². The van der Waals surface area contributed by atoms with Gasteiger partial charge in [0.25, 0.3) is 0 Å². The van der Waals surface area contributed by atoms with Crippen molar-refractivity contribution < 1.29 is 14.3 Å². The average Bonchev–Trinajstić information content (AvgIpc) is 2.76. The normalized spacial score (nSPS) is 14.3. The first kappa shape index (κ1) is 11.3. The van der Waals surface area contributed by atoms with Gasteiger partial charge in [-0.05, 0) is 18.2 Å². The molecule has 2 rings (SSSR count). The quantitative estimate of drug-likeness (QED) is 0.787. The Morgan fingerprint density at radius 1 is 1.53 bits per heavy atom. The summed E-state index contributed by atoms with van der Waals surface area (Å²) in [5, 5.41) is 8.72. The van der Waals surface area contributed by atoms with Crippen molar-refractivity contribution in [2.75, 3.05) is 26.3 Å². The summed E-state index contributed by atoms with van der Waals surface area (Å²) in [7, 11) is 0. The van der Waals surface area contributed by atoms with Crippen LogP contribution in [0.1, 0.15) is 5.56 Å². The van der Waals surface area contributed by atoms with E-state index in [4.69, 9.17) is 14.7 Å². The first-order chi connectivity index (χ1) is 8.29. The van der Waals surface area contributed by atoms with Gasteiger partial charge in [-0.3, -0.25) is 0 Å². The lowest BCUT2D eigenvalue weighted by molar-refractivity contribution is 0.153. The van der Waals surface area contributed by atoms with Gasteiger partial charge in [0.1, 0.15) is 19.0 Å². The molecule has 0 bridgehead atoms. The van der Waals surface area contributed by atoms with Gasteiger partial charge in [-0.25, -0.2) is 4.79 Å². The topological polar surface area (TPSA) is 62.6 Å². The Labute approximate surface area is 99.2 Å². The lowest BCUT2D eigenvalue weighted by atomic mass is 10.2. The number of ether oxygens (including phenoxy) is 2. The molecule has 1 saturated heterocycles. The number of nitrogens with zero attached hydrogens (tertiary/aromatic N) is 2. The first-order valence-corrected chi connectivity index (χ1v) is 5.34. The molecular weight excluding hydrogens is 220 g/mol. The molecular formula is C12H12N2O3. The van der Waals surface area contributed by atoms with Crippen molar-refractivity contribution in [1.29, 1.82) is 5.26 Å². The molecule has 1 aliphatic rings. The average molecular weight is 232 g/mol. The van der Waals surface area contributed by atoms with Crippen LogP contribution in [0.5, 0.6) is 5.75 Å². The number of hydrogen-bond donors (Lipinski definition) is 0. The van der Waals surface area contributed by atoms with E-state index in [2.05, 4.69) is 0 Å². The fourth-order valence-corrected chi connectivity index (χ4v) is 1.56. The van der Waals surface area contributed by atoms with Crippen molar-refractivity contribution in [1.82, 2.24) is 4.90 Å². The molecule has 17 heavy (non-hydrogen) atoms. The number of cyclic esters (lactones) is 1. The Hall–Kier alpha value is -2.22. The molecule has 0 radical (unpaired) electrons. The maximum absolute atomic E-state index is 11.1. The molecule has 1 fully saturated rings. The SMILES string of the molecule is N#Cc1cccc(OCCN2CCOC2=O)c1. The number of rotatable bonds is 4. The summed E-state index contributed by atoms with van der Waals surface area (Å²) in [6, 6.07) is 8.97. The highest BCUT2D eigenvalue weighted by Crippen LogP contribution is 2.12. The zero-order valence-corrected chi connectivity index (χ0v) is 9.26. The van der Waals surface area contributed by atoms with Gasteiger partial charge in [0.15, 0.2) is 0 Å². The highest BCUT2D eigenvalue weighted by Gasteiger charge is 2.21. The molecule has 88 valence electrons. The van der Waals surface area contributed by atoms with Crippen molar-refractivity contribution in [2.45, 2.75) is 0 Å². The molecule has 0 atom stereocenters. The Bertz CT molecular complexity index is 453. The number of carbonyl (C=O) groups is 1. The second kappa shape index (κ2) is 5.21. The predicted octanol–water partition coefficient (Wildman–Crippen LogP) is 1.39. The van der Waals surface area contributed by atoms with E-state index in [1.54, 1.807) is 29.2 Å². The van der Waals surface area contributed by atoms with Crippen LogP contribution in [-0.4, -0.2) is 37.3 Å². The van der Waals surface area contributed by atoms with E-state index in [-0.39, 0.29) is 6.09 Å². The van der Waals surface area contributed by atoms with Crippen molar-refractivity contribution in [3.05, 3.63) is 29.8 Å². The molecule has 0 N–H and O–H groups in total. The largest absolute Gasteiger partial charge is 0.492 e. The summed E-state index contributed by atoms with van der Waals surface area (Å²) < 4.78 is 10.3. The fraction of sp³-hybridized carbons (Fsp3) is 0.333. The summed E-state index contributed by atoms with van der Waals surface area (Å²) in [4.78, 5) is 12.7. The van der Waals surface area contributed by atoms with E-state index in [0.717, 1.165) is 0 Å². The molecule has 0 saturated carbocycles. The number of amides is 1. The van der Waals surface area contributed by atoms with Crippen LogP contribution in [0, 0.1) is 11.3 Å². The third kappa shape index (κ3) is 2.88. The highest BCUT2D eigenvalue weighted by atomic mass is 16.6. The molecule has 0 spiro atoms. The van der Waals surface area contributed by atoms with Crippen LogP contribution >= 0.6 is 0 Å². The van der Waals surface area contributed by atoms with Gasteiger partial charge in [-0.15, -0.1) is 0 Å². The van der Waals surface area contributed by atoms with Gasteiger partial charge in [0.2, 0.25) is 0 Å².